The van der Waals surface area contributed by atoms with Gasteiger partial charge in [0.05, 0.1) is 5.69 Å². The lowest BCUT2D eigenvalue weighted by atomic mass is 9.98. The summed E-state index contributed by atoms with van der Waals surface area (Å²) in [7, 11) is 0. The highest BCUT2D eigenvalue weighted by Gasteiger charge is 2.38. The van der Waals surface area contributed by atoms with Gasteiger partial charge in [-0.2, -0.15) is 13.2 Å². The van der Waals surface area contributed by atoms with E-state index in [1.54, 1.807) is 18.2 Å². The Labute approximate surface area is 120 Å². The summed E-state index contributed by atoms with van der Waals surface area (Å²) in [6.45, 7) is 2.33. The molecule has 0 saturated carbocycles. The zero-order chi connectivity index (χ0) is 15.8. The topological polar surface area (TPSA) is 58.7 Å². The molecule has 0 fully saturated rings. The smallest absolute Gasteiger partial charge is 0.302 e. The molecule has 7 heteroatoms. The predicted molar refractivity (Wildman–Crippen MR) is 74.2 cm³/mol. The van der Waals surface area contributed by atoms with Crippen molar-refractivity contribution in [1.82, 2.24) is 0 Å². The molecule has 1 aromatic carbocycles. The van der Waals surface area contributed by atoms with Gasteiger partial charge in [-0.3, -0.25) is 14.7 Å². The van der Waals surface area contributed by atoms with Crippen LogP contribution in [0.3, 0.4) is 0 Å². The Morgan fingerprint density at radius 2 is 1.95 bits per heavy atom. The first kappa shape index (κ1) is 15.5. The van der Waals surface area contributed by atoms with E-state index in [1.807, 2.05) is 13.8 Å². The number of para-hydroxylation sites is 1. The third-order valence-corrected chi connectivity index (χ3v) is 3.15. The maximum atomic E-state index is 12.8. The Hall–Kier alpha value is -1.89. The fourth-order valence-corrected chi connectivity index (χ4v) is 2.28. The number of nitrogens with two attached hydrogens (primary N) is 1. The van der Waals surface area contributed by atoms with Crippen LogP contribution in [0.1, 0.15) is 19.4 Å². The second-order valence-corrected chi connectivity index (χ2v) is 5.17. The van der Waals surface area contributed by atoms with Crippen molar-refractivity contribution in [3.05, 3.63) is 29.8 Å². The zero-order valence-corrected chi connectivity index (χ0v) is 11.7. The van der Waals surface area contributed by atoms with Gasteiger partial charge in [0, 0.05) is 11.3 Å². The largest absolute Gasteiger partial charge is 0.406 e. The van der Waals surface area contributed by atoms with Crippen LogP contribution < -0.4 is 10.6 Å². The molecule has 0 aliphatic carbocycles. The van der Waals surface area contributed by atoms with E-state index in [0.29, 0.717) is 16.2 Å². The highest BCUT2D eigenvalue weighted by atomic mass is 19.4. The number of aliphatic imine (C=N–C) groups is 1. The molecule has 1 aliphatic heterocycles. The van der Waals surface area contributed by atoms with E-state index in [9.17, 15) is 18.0 Å². The summed E-state index contributed by atoms with van der Waals surface area (Å²) < 4.78 is 38.3. The molecule has 0 aromatic heterocycles. The van der Waals surface area contributed by atoms with E-state index >= 15 is 0 Å². The Balaban J connectivity index is 2.59. The minimum Gasteiger partial charge on any atom is -0.302 e. The Morgan fingerprint density at radius 3 is 2.52 bits per heavy atom. The molecular weight excluding hydrogens is 283 g/mol. The summed E-state index contributed by atoms with van der Waals surface area (Å²) in [6.07, 6.45) is -5.83. The molecular formula is C14H16F3N3O. The average molecular weight is 299 g/mol. The van der Waals surface area contributed by atoms with Gasteiger partial charge in [-0.05, 0) is 12.0 Å². The number of alkyl halides is 3. The van der Waals surface area contributed by atoms with Gasteiger partial charge in [-0.15, -0.1) is 0 Å². The standard InChI is InChI=1S/C14H16F3N3O/c1-8(2)11-9-5-3-4-6-10(9)20(7-14(15,16)17)13(21)12(18)19-11/h3-6,8,12H,7,18H2,1-2H3. The van der Waals surface area contributed by atoms with Gasteiger partial charge in [0.2, 0.25) is 0 Å². The number of fused-ring (bicyclic) bond motifs is 1. The zero-order valence-electron chi connectivity index (χ0n) is 11.7. The number of carbonyl (C=O) groups excluding carboxylic acids is 1. The maximum Gasteiger partial charge on any atom is 0.406 e. The van der Waals surface area contributed by atoms with E-state index in [0.717, 1.165) is 0 Å². The first-order valence-corrected chi connectivity index (χ1v) is 6.51. The SMILES string of the molecule is CC(C)C1=NC(N)C(=O)N(CC(F)(F)F)c2ccccc21. The first-order chi connectivity index (χ1) is 9.70. The number of carbonyl (C=O) groups is 1. The summed E-state index contributed by atoms with van der Waals surface area (Å²) >= 11 is 0. The minimum absolute atomic E-state index is 0.0594. The molecule has 1 heterocycles. The van der Waals surface area contributed by atoms with Crippen molar-refractivity contribution in [3.8, 4) is 0 Å². The molecule has 114 valence electrons. The summed E-state index contributed by atoms with van der Waals surface area (Å²) in [5.74, 6) is -0.911. The van der Waals surface area contributed by atoms with E-state index in [4.69, 9.17) is 5.73 Å². The van der Waals surface area contributed by atoms with Gasteiger partial charge in [0.1, 0.15) is 6.54 Å². The van der Waals surface area contributed by atoms with E-state index in [-0.39, 0.29) is 11.6 Å². The van der Waals surface area contributed by atoms with Crippen molar-refractivity contribution >= 4 is 17.3 Å². The molecule has 1 aliphatic rings. The molecule has 4 nitrogen and oxygen atoms in total. The fourth-order valence-electron chi connectivity index (χ4n) is 2.28. The molecule has 0 saturated heterocycles. The molecule has 1 atom stereocenters. The maximum absolute atomic E-state index is 12.8. The molecule has 0 bridgehead atoms. The van der Waals surface area contributed by atoms with Gasteiger partial charge < -0.3 is 5.73 Å². The van der Waals surface area contributed by atoms with Crippen LogP contribution in [-0.4, -0.2) is 30.5 Å². The Kier molecular flexibility index (Phi) is 4.04. The molecule has 2 N–H and O–H groups in total. The summed E-state index contributed by atoms with van der Waals surface area (Å²) in [6, 6.07) is 6.42. The van der Waals surface area contributed by atoms with Crippen molar-refractivity contribution in [2.45, 2.75) is 26.2 Å². The fraction of sp³-hybridized carbons (Fsp3) is 0.429. The number of amides is 1. The lowest BCUT2D eigenvalue weighted by molar-refractivity contribution is -0.133. The molecule has 0 radical (unpaired) electrons. The second-order valence-electron chi connectivity index (χ2n) is 5.17. The van der Waals surface area contributed by atoms with Crippen LogP contribution in [0, 0.1) is 5.92 Å². The lowest BCUT2D eigenvalue weighted by Gasteiger charge is -2.25. The quantitative estimate of drug-likeness (QED) is 0.911. The molecule has 21 heavy (non-hydrogen) atoms. The van der Waals surface area contributed by atoms with Gasteiger partial charge in [-0.25, -0.2) is 0 Å². The van der Waals surface area contributed by atoms with Gasteiger partial charge in [0.15, 0.2) is 6.17 Å². The van der Waals surface area contributed by atoms with Crippen LogP contribution in [0.5, 0.6) is 0 Å². The van der Waals surface area contributed by atoms with Crippen LogP contribution in [0.2, 0.25) is 0 Å². The number of halogens is 3. The monoisotopic (exact) mass is 299 g/mol. The van der Waals surface area contributed by atoms with Crippen LogP contribution in [0.4, 0.5) is 18.9 Å². The second kappa shape index (κ2) is 5.48. The lowest BCUT2D eigenvalue weighted by Crippen LogP contribution is -2.46. The molecule has 0 spiro atoms. The van der Waals surface area contributed by atoms with Crippen LogP contribution in [0.25, 0.3) is 0 Å². The predicted octanol–water partition coefficient (Wildman–Crippen LogP) is 2.33. The number of nitrogens with zero attached hydrogens (tertiary/aromatic N) is 2. The summed E-state index contributed by atoms with van der Waals surface area (Å²) in [4.78, 5) is 16.9. The third-order valence-electron chi connectivity index (χ3n) is 3.15. The van der Waals surface area contributed by atoms with E-state index in [2.05, 4.69) is 4.99 Å². The van der Waals surface area contributed by atoms with Crippen LogP contribution in [-0.2, 0) is 4.79 Å². The number of rotatable bonds is 2. The summed E-state index contributed by atoms with van der Waals surface area (Å²) in [5, 5.41) is 0. The van der Waals surface area contributed by atoms with Crippen molar-refractivity contribution in [2.75, 3.05) is 11.4 Å². The van der Waals surface area contributed by atoms with E-state index < -0.39 is 24.8 Å². The van der Waals surface area contributed by atoms with Crippen molar-refractivity contribution in [3.63, 3.8) is 0 Å². The van der Waals surface area contributed by atoms with Crippen molar-refractivity contribution < 1.29 is 18.0 Å². The van der Waals surface area contributed by atoms with E-state index in [1.165, 1.54) is 6.07 Å². The Bertz CT molecular complexity index is 581. The van der Waals surface area contributed by atoms with Gasteiger partial charge in [0.25, 0.3) is 5.91 Å². The first-order valence-electron chi connectivity index (χ1n) is 6.51. The Morgan fingerprint density at radius 1 is 1.33 bits per heavy atom. The van der Waals surface area contributed by atoms with Crippen molar-refractivity contribution in [2.24, 2.45) is 16.6 Å². The highest BCUT2D eigenvalue weighted by molar-refractivity contribution is 6.13. The van der Waals surface area contributed by atoms with Gasteiger partial charge in [-0.1, -0.05) is 32.0 Å². The molecule has 1 unspecified atom stereocenters. The number of anilines is 1. The summed E-state index contributed by atoms with van der Waals surface area (Å²) in [5.41, 5.74) is 6.89. The van der Waals surface area contributed by atoms with Gasteiger partial charge >= 0.3 is 6.18 Å². The number of hydrogen-bond acceptors (Lipinski definition) is 3. The minimum atomic E-state index is -4.51. The van der Waals surface area contributed by atoms with Crippen LogP contribution in [0.15, 0.2) is 29.3 Å². The highest BCUT2D eigenvalue weighted by Crippen LogP contribution is 2.30. The van der Waals surface area contributed by atoms with Crippen molar-refractivity contribution in [1.29, 1.82) is 0 Å². The molecule has 1 amide bonds. The third kappa shape index (κ3) is 3.24. The number of hydrogen-bond donors (Lipinski definition) is 1. The molecule has 2 rings (SSSR count). The molecule has 1 aromatic rings. The normalized spacial score (nSPS) is 19.4. The van der Waals surface area contributed by atoms with Crippen LogP contribution >= 0.6 is 0 Å². The number of benzene rings is 1. The number of benzodiazepines with no additional fused rings is 1. The average Bonchev–Trinajstić information content (AvgIpc) is 2.48.